The van der Waals surface area contributed by atoms with Gasteiger partial charge in [0.2, 0.25) is 17.6 Å². The van der Waals surface area contributed by atoms with E-state index in [1.54, 1.807) is 24.3 Å². The van der Waals surface area contributed by atoms with Gasteiger partial charge in [-0.1, -0.05) is 97.8 Å². The molecular formula is C40H58N6O7. The number of rotatable bonds is 9. The minimum absolute atomic E-state index is 0.0311. The fourth-order valence-electron chi connectivity index (χ4n) is 7.55. The number of hydrogen-bond donors (Lipinski definition) is 4. The number of fused-ring (bicyclic) bond motifs is 2. The van der Waals surface area contributed by atoms with Gasteiger partial charge in [0.15, 0.2) is 0 Å². The number of Topliss-reactive ketones (excluding diaryl/α,β-unsaturated/α-hetero) is 1. The van der Waals surface area contributed by atoms with Crippen LogP contribution in [0.15, 0.2) is 36.9 Å². The third kappa shape index (κ3) is 10.3. The Morgan fingerprint density at radius 3 is 2.06 bits per heavy atom. The van der Waals surface area contributed by atoms with E-state index < -0.39 is 70.9 Å². The zero-order valence-corrected chi connectivity index (χ0v) is 32.0. The number of imide groups is 1. The van der Waals surface area contributed by atoms with Crippen molar-refractivity contribution in [1.29, 1.82) is 0 Å². The molecule has 3 aliphatic rings. The second-order valence-electron chi connectivity index (χ2n) is 16.0. The molecule has 2 saturated heterocycles. The zero-order valence-electron chi connectivity index (χ0n) is 32.0. The lowest BCUT2D eigenvalue weighted by atomic mass is 9.86. The Labute approximate surface area is 313 Å². The first kappa shape index (κ1) is 41.2. The van der Waals surface area contributed by atoms with Crippen LogP contribution >= 0.6 is 0 Å². The maximum atomic E-state index is 14.4. The van der Waals surface area contributed by atoms with Crippen LogP contribution < -0.4 is 21.3 Å². The van der Waals surface area contributed by atoms with Crippen molar-refractivity contribution in [3.8, 4) is 0 Å². The second-order valence-corrected chi connectivity index (χ2v) is 16.0. The molecule has 53 heavy (non-hydrogen) atoms. The summed E-state index contributed by atoms with van der Waals surface area (Å²) in [4.78, 5) is 97.3. The number of carbonyl (C=O) groups excluding carboxylic acids is 7. The number of ketones is 1. The third-order valence-electron chi connectivity index (χ3n) is 10.8. The molecule has 0 unspecified atom stereocenters. The zero-order chi connectivity index (χ0) is 38.9. The molecule has 1 aromatic carbocycles. The molecule has 0 aromatic heterocycles. The second kappa shape index (κ2) is 18.5. The van der Waals surface area contributed by atoms with Crippen LogP contribution in [0.1, 0.15) is 120 Å². The predicted molar refractivity (Wildman–Crippen MR) is 201 cm³/mol. The van der Waals surface area contributed by atoms with Gasteiger partial charge in [-0.05, 0) is 48.6 Å². The van der Waals surface area contributed by atoms with E-state index in [2.05, 4.69) is 27.8 Å². The van der Waals surface area contributed by atoms with E-state index in [4.69, 9.17) is 0 Å². The molecule has 13 heteroatoms. The lowest BCUT2D eigenvalue weighted by molar-refractivity contribution is -0.143. The smallest absolute Gasteiger partial charge is 0.315 e. The van der Waals surface area contributed by atoms with Gasteiger partial charge in [0.1, 0.15) is 12.1 Å². The maximum Gasteiger partial charge on any atom is 0.315 e. The molecule has 2 fully saturated rings. The molecule has 0 spiro atoms. The summed E-state index contributed by atoms with van der Waals surface area (Å²) < 4.78 is 0. The number of carbonyl (C=O) groups is 7. The highest BCUT2D eigenvalue weighted by molar-refractivity contribution is 6.38. The van der Waals surface area contributed by atoms with Crippen LogP contribution in [-0.2, 0) is 19.2 Å². The Morgan fingerprint density at radius 1 is 0.906 bits per heavy atom. The van der Waals surface area contributed by atoms with Crippen LogP contribution in [0.25, 0.3) is 0 Å². The van der Waals surface area contributed by atoms with E-state index >= 15 is 0 Å². The highest BCUT2D eigenvalue weighted by Crippen LogP contribution is 2.32. The summed E-state index contributed by atoms with van der Waals surface area (Å²) in [5.74, 6) is -3.43. The van der Waals surface area contributed by atoms with Gasteiger partial charge in [0.25, 0.3) is 17.7 Å². The minimum atomic E-state index is -1.04. The minimum Gasteiger partial charge on any atom is -0.346 e. The first-order valence-corrected chi connectivity index (χ1v) is 19.2. The van der Waals surface area contributed by atoms with Crippen LogP contribution in [0.2, 0.25) is 0 Å². The van der Waals surface area contributed by atoms with E-state index in [0.29, 0.717) is 49.8 Å². The van der Waals surface area contributed by atoms with Gasteiger partial charge < -0.3 is 26.2 Å². The van der Waals surface area contributed by atoms with Crippen molar-refractivity contribution in [3.63, 3.8) is 0 Å². The molecule has 3 aliphatic heterocycles. The van der Waals surface area contributed by atoms with Gasteiger partial charge in [-0.25, -0.2) is 4.79 Å². The number of benzene rings is 1. The number of hydrogen-bond acceptors (Lipinski definition) is 7. The quantitative estimate of drug-likeness (QED) is 0.168. The van der Waals surface area contributed by atoms with Crippen molar-refractivity contribution < 1.29 is 33.6 Å². The van der Waals surface area contributed by atoms with E-state index in [9.17, 15) is 33.6 Å². The molecule has 1 aromatic rings. The van der Waals surface area contributed by atoms with Crippen molar-refractivity contribution in [2.24, 2.45) is 17.3 Å². The van der Waals surface area contributed by atoms with Crippen LogP contribution in [0.4, 0.5) is 4.79 Å². The molecular weight excluding hydrogens is 676 g/mol. The van der Waals surface area contributed by atoms with Crippen LogP contribution in [-0.4, -0.2) is 95.0 Å². The first-order chi connectivity index (χ1) is 25.1. The van der Waals surface area contributed by atoms with Crippen LogP contribution in [0.5, 0.6) is 0 Å². The lowest BCUT2D eigenvalue weighted by Gasteiger charge is -2.35. The highest BCUT2D eigenvalue weighted by Gasteiger charge is 2.46. The Bertz CT molecular complexity index is 1520. The van der Waals surface area contributed by atoms with Gasteiger partial charge in [-0.2, -0.15) is 0 Å². The van der Waals surface area contributed by atoms with Crippen molar-refractivity contribution in [2.75, 3.05) is 19.6 Å². The molecule has 3 heterocycles. The lowest BCUT2D eigenvalue weighted by Crippen LogP contribution is -2.60. The predicted octanol–water partition coefficient (Wildman–Crippen LogP) is 4.12. The van der Waals surface area contributed by atoms with Gasteiger partial charge in [-0.3, -0.25) is 33.7 Å². The monoisotopic (exact) mass is 734 g/mol. The Kier molecular flexibility index (Phi) is 14.4. The van der Waals surface area contributed by atoms with Gasteiger partial charge >= 0.3 is 6.03 Å². The SMILES string of the molecule is C=CCNC(=O)C(=O)[C@@H]1CCCCCCCCC[C@H](NC(=O)N[C@H](CN2C(=O)c3ccccc3C2=O)C(C)(C)C)C(=O)N2CC[C@H](C(C)C)[C@H]2C(=O)N1. The van der Waals surface area contributed by atoms with Crippen molar-refractivity contribution in [3.05, 3.63) is 48.0 Å². The Morgan fingerprint density at radius 2 is 1.49 bits per heavy atom. The molecule has 290 valence electrons. The van der Waals surface area contributed by atoms with Crippen LogP contribution in [0.3, 0.4) is 0 Å². The van der Waals surface area contributed by atoms with Crippen molar-refractivity contribution in [1.82, 2.24) is 31.1 Å². The summed E-state index contributed by atoms with van der Waals surface area (Å²) in [6.07, 6.45) is 8.54. The van der Waals surface area contributed by atoms with E-state index in [-0.39, 0.29) is 24.9 Å². The third-order valence-corrected chi connectivity index (χ3v) is 10.8. The molecule has 0 saturated carbocycles. The summed E-state index contributed by atoms with van der Waals surface area (Å²) in [5, 5.41) is 11.2. The number of nitrogens with zero attached hydrogens (tertiary/aromatic N) is 2. The van der Waals surface area contributed by atoms with Gasteiger partial charge in [0, 0.05) is 13.1 Å². The van der Waals surface area contributed by atoms with E-state index in [0.717, 1.165) is 37.0 Å². The molecule has 4 rings (SSSR count). The van der Waals surface area contributed by atoms with Crippen molar-refractivity contribution in [2.45, 2.75) is 123 Å². The number of amides is 7. The molecule has 13 nitrogen and oxygen atoms in total. The highest BCUT2D eigenvalue weighted by atomic mass is 16.2. The summed E-state index contributed by atoms with van der Waals surface area (Å²) in [6, 6.07) is 2.46. The largest absolute Gasteiger partial charge is 0.346 e. The number of nitrogens with one attached hydrogen (secondary N) is 4. The summed E-state index contributed by atoms with van der Waals surface area (Å²) in [6.45, 7) is 13.6. The molecule has 5 atom stereocenters. The molecule has 0 aliphatic carbocycles. The molecule has 0 bridgehead atoms. The Hall–Kier alpha value is -4.55. The fraction of sp³-hybridized carbons (Fsp3) is 0.625. The average molecular weight is 735 g/mol. The normalized spacial score (nSPS) is 23.9. The summed E-state index contributed by atoms with van der Waals surface area (Å²) >= 11 is 0. The molecule has 7 amide bonds. The van der Waals surface area contributed by atoms with Gasteiger partial charge in [-0.15, -0.1) is 6.58 Å². The number of urea groups is 1. The fourth-order valence-corrected chi connectivity index (χ4v) is 7.55. The van der Waals surface area contributed by atoms with E-state index in [1.165, 1.54) is 11.0 Å². The maximum absolute atomic E-state index is 14.4. The topological polar surface area (TPSA) is 174 Å². The van der Waals surface area contributed by atoms with Crippen LogP contribution in [0, 0.1) is 17.3 Å². The van der Waals surface area contributed by atoms with Crippen molar-refractivity contribution >= 4 is 41.4 Å². The average Bonchev–Trinajstić information content (AvgIpc) is 3.66. The summed E-state index contributed by atoms with van der Waals surface area (Å²) in [7, 11) is 0. The molecule has 4 N–H and O–H groups in total. The van der Waals surface area contributed by atoms with Gasteiger partial charge in [0.05, 0.1) is 29.8 Å². The summed E-state index contributed by atoms with van der Waals surface area (Å²) in [5.41, 5.74) is 0.0692. The first-order valence-electron chi connectivity index (χ1n) is 19.2. The standard InChI is InChI=1S/C40H58N6O7/c1-7-22-41-35(49)33(47)29-19-13-11-9-8-10-12-14-20-30(38(52)45-23-21-26(25(2)3)32(45)34(48)42-29)43-39(53)44-31(40(4,5)6)24-46-36(50)27-17-15-16-18-28(27)37(46)51/h7,15-18,25-26,29-32H,1,8-14,19-24H2,2-6H3,(H,41,49)(H,42,48)(H2,43,44,53)/t26-,29+,30+,31-,32+/m1/s1. The van der Waals surface area contributed by atoms with E-state index in [1.807, 2.05) is 34.6 Å². The molecule has 0 radical (unpaired) electrons. The Balaban J connectivity index is 1.56.